The number of rotatable bonds is 4. The molecule has 1 fully saturated rings. The molecule has 6 nitrogen and oxygen atoms in total. The number of para-hydroxylation sites is 1. The van der Waals surface area contributed by atoms with Crippen LogP contribution in [0.4, 0.5) is 0 Å². The van der Waals surface area contributed by atoms with E-state index in [0.717, 1.165) is 0 Å². The van der Waals surface area contributed by atoms with Crippen LogP contribution in [0, 0.1) is 0 Å². The fourth-order valence-electron chi connectivity index (χ4n) is 2.26. The molecule has 1 saturated heterocycles. The van der Waals surface area contributed by atoms with E-state index in [-0.39, 0.29) is 29.4 Å². The standard InChI is InChI=1S/C13H17NO5S/c1-19-11-6-2-5-10(12(11)15)13(16)14-8-9-4-3-7-20(9,17)18/h2,5-6,9,15H,3-4,7-8H2,1H3,(H,14,16). The predicted molar refractivity (Wildman–Crippen MR) is 73.8 cm³/mol. The quantitative estimate of drug-likeness (QED) is 0.854. The van der Waals surface area contributed by atoms with E-state index >= 15 is 0 Å². The minimum Gasteiger partial charge on any atom is -0.504 e. The maximum absolute atomic E-state index is 12.0. The number of amides is 1. The Balaban J connectivity index is 2.06. The molecule has 0 saturated carbocycles. The van der Waals surface area contributed by atoms with Crippen molar-refractivity contribution in [2.45, 2.75) is 18.1 Å². The molecule has 1 atom stereocenters. The van der Waals surface area contributed by atoms with E-state index in [1.54, 1.807) is 6.07 Å². The minimum absolute atomic E-state index is 0.0673. The first-order valence-electron chi connectivity index (χ1n) is 6.31. The Labute approximate surface area is 117 Å². The lowest BCUT2D eigenvalue weighted by atomic mass is 10.1. The van der Waals surface area contributed by atoms with Gasteiger partial charge in [-0.1, -0.05) is 6.07 Å². The molecule has 2 N–H and O–H groups in total. The van der Waals surface area contributed by atoms with Crippen molar-refractivity contribution in [2.75, 3.05) is 19.4 Å². The number of phenols is 1. The molecule has 0 spiro atoms. The lowest BCUT2D eigenvalue weighted by Crippen LogP contribution is -2.34. The molecular weight excluding hydrogens is 282 g/mol. The van der Waals surface area contributed by atoms with Gasteiger partial charge in [0.15, 0.2) is 21.3 Å². The third-order valence-electron chi connectivity index (χ3n) is 3.42. The Hall–Kier alpha value is -1.76. The first kappa shape index (κ1) is 14.6. The van der Waals surface area contributed by atoms with Gasteiger partial charge in [0.1, 0.15) is 0 Å². The van der Waals surface area contributed by atoms with Gasteiger partial charge in [0.05, 0.1) is 23.7 Å². The summed E-state index contributed by atoms with van der Waals surface area (Å²) in [4.78, 5) is 12.0. The number of aromatic hydroxyl groups is 1. The topological polar surface area (TPSA) is 92.7 Å². The molecule has 0 bridgehead atoms. The lowest BCUT2D eigenvalue weighted by molar-refractivity contribution is 0.0950. The van der Waals surface area contributed by atoms with Crippen LogP contribution in [0.15, 0.2) is 18.2 Å². The fraction of sp³-hybridized carbons (Fsp3) is 0.462. The van der Waals surface area contributed by atoms with Crippen LogP contribution < -0.4 is 10.1 Å². The van der Waals surface area contributed by atoms with Crippen molar-refractivity contribution in [2.24, 2.45) is 0 Å². The molecule has 1 heterocycles. The van der Waals surface area contributed by atoms with Crippen LogP contribution in [-0.4, -0.2) is 44.1 Å². The van der Waals surface area contributed by atoms with Crippen molar-refractivity contribution < 1.29 is 23.1 Å². The number of benzene rings is 1. The maximum atomic E-state index is 12.0. The summed E-state index contributed by atoms with van der Waals surface area (Å²) in [6.45, 7) is 0.0673. The molecular formula is C13H17NO5S. The maximum Gasteiger partial charge on any atom is 0.255 e. The number of carbonyl (C=O) groups is 1. The molecule has 1 unspecified atom stereocenters. The number of ether oxygens (including phenoxy) is 1. The highest BCUT2D eigenvalue weighted by atomic mass is 32.2. The molecule has 2 rings (SSSR count). The van der Waals surface area contributed by atoms with Crippen LogP contribution in [-0.2, 0) is 9.84 Å². The van der Waals surface area contributed by atoms with Gasteiger partial charge in [-0.2, -0.15) is 0 Å². The first-order chi connectivity index (χ1) is 9.45. The second kappa shape index (κ2) is 5.70. The van der Waals surface area contributed by atoms with E-state index in [0.29, 0.717) is 12.8 Å². The molecule has 1 aromatic carbocycles. The summed E-state index contributed by atoms with van der Waals surface area (Å²) in [5.41, 5.74) is 0.0692. The highest BCUT2D eigenvalue weighted by Gasteiger charge is 2.31. The molecule has 1 aliphatic heterocycles. The molecule has 7 heteroatoms. The van der Waals surface area contributed by atoms with Crippen LogP contribution in [0.3, 0.4) is 0 Å². The number of phenolic OH excluding ortho intramolecular Hbond substituents is 1. The summed E-state index contributed by atoms with van der Waals surface area (Å²) < 4.78 is 28.2. The van der Waals surface area contributed by atoms with Crippen LogP contribution in [0.2, 0.25) is 0 Å². The molecule has 0 aliphatic carbocycles. The SMILES string of the molecule is COc1cccc(C(=O)NCC2CCCS2(=O)=O)c1O. The summed E-state index contributed by atoms with van der Waals surface area (Å²) in [5, 5.41) is 11.9. The third kappa shape index (κ3) is 2.87. The number of hydrogen-bond donors (Lipinski definition) is 2. The van der Waals surface area contributed by atoms with Crippen LogP contribution >= 0.6 is 0 Å². The van der Waals surface area contributed by atoms with Gasteiger partial charge in [0.25, 0.3) is 5.91 Å². The fourth-order valence-corrected chi connectivity index (χ4v) is 4.02. The summed E-state index contributed by atoms with van der Waals surface area (Å²) in [6.07, 6.45) is 1.19. The highest BCUT2D eigenvalue weighted by Crippen LogP contribution is 2.29. The molecule has 1 amide bonds. The number of methoxy groups -OCH3 is 1. The summed E-state index contributed by atoms with van der Waals surface area (Å²) in [7, 11) is -1.70. The first-order valence-corrected chi connectivity index (χ1v) is 8.03. The Kier molecular flexibility index (Phi) is 4.17. The number of hydrogen-bond acceptors (Lipinski definition) is 5. The van der Waals surface area contributed by atoms with Gasteiger partial charge in [-0.15, -0.1) is 0 Å². The summed E-state index contributed by atoms with van der Waals surface area (Å²) in [5.74, 6) is -0.380. The van der Waals surface area contributed by atoms with Crippen LogP contribution in [0.1, 0.15) is 23.2 Å². The molecule has 1 aliphatic rings. The monoisotopic (exact) mass is 299 g/mol. The Morgan fingerprint density at radius 1 is 1.50 bits per heavy atom. The Bertz CT molecular complexity index is 611. The molecule has 1 aromatic rings. The molecule has 110 valence electrons. The Morgan fingerprint density at radius 2 is 2.25 bits per heavy atom. The largest absolute Gasteiger partial charge is 0.504 e. The minimum atomic E-state index is -3.09. The second-order valence-corrected chi connectivity index (χ2v) is 7.10. The zero-order valence-corrected chi connectivity index (χ0v) is 11.9. The van der Waals surface area contributed by atoms with Crippen molar-refractivity contribution in [1.29, 1.82) is 0 Å². The zero-order chi connectivity index (χ0) is 14.8. The Morgan fingerprint density at radius 3 is 2.85 bits per heavy atom. The number of nitrogens with one attached hydrogen (secondary N) is 1. The molecule has 0 radical (unpaired) electrons. The van der Waals surface area contributed by atoms with Gasteiger partial charge in [-0.3, -0.25) is 4.79 Å². The third-order valence-corrected chi connectivity index (χ3v) is 5.69. The van der Waals surface area contributed by atoms with E-state index < -0.39 is 21.0 Å². The van der Waals surface area contributed by atoms with E-state index in [4.69, 9.17) is 4.74 Å². The van der Waals surface area contributed by atoms with Gasteiger partial charge in [-0.25, -0.2) is 8.42 Å². The highest BCUT2D eigenvalue weighted by molar-refractivity contribution is 7.92. The van der Waals surface area contributed by atoms with Crippen molar-refractivity contribution in [1.82, 2.24) is 5.32 Å². The number of carbonyl (C=O) groups excluding carboxylic acids is 1. The normalized spacial score (nSPS) is 20.6. The second-order valence-electron chi connectivity index (χ2n) is 4.70. The lowest BCUT2D eigenvalue weighted by Gasteiger charge is -2.12. The smallest absolute Gasteiger partial charge is 0.255 e. The molecule has 0 aromatic heterocycles. The van der Waals surface area contributed by atoms with Crippen molar-refractivity contribution in [3.63, 3.8) is 0 Å². The van der Waals surface area contributed by atoms with Gasteiger partial charge < -0.3 is 15.2 Å². The van der Waals surface area contributed by atoms with Gasteiger partial charge >= 0.3 is 0 Å². The number of sulfone groups is 1. The zero-order valence-electron chi connectivity index (χ0n) is 11.1. The van der Waals surface area contributed by atoms with Crippen LogP contribution in [0.5, 0.6) is 11.5 Å². The van der Waals surface area contributed by atoms with Crippen molar-refractivity contribution in [3.8, 4) is 11.5 Å². The average molecular weight is 299 g/mol. The van der Waals surface area contributed by atoms with Crippen molar-refractivity contribution >= 4 is 15.7 Å². The van der Waals surface area contributed by atoms with E-state index in [1.807, 2.05) is 0 Å². The average Bonchev–Trinajstić information content (AvgIpc) is 2.75. The van der Waals surface area contributed by atoms with E-state index in [9.17, 15) is 18.3 Å². The molecule has 20 heavy (non-hydrogen) atoms. The van der Waals surface area contributed by atoms with Gasteiger partial charge in [0, 0.05) is 6.54 Å². The van der Waals surface area contributed by atoms with Gasteiger partial charge in [-0.05, 0) is 25.0 Å². The predicted octanol–water partition coefficient (Wildman–Crippen LogP) is 0.708. The van der Waals surface area contributed by atoms with Gasteiger partial charge in [0.2, 0.25) is 0 Å². The van der Waals surface area contributed by atoms with E-state index in [1.165, 1.54) is 19.2 Å². The summed E-state index contributed by atoms with van der Waals surface area (Å²) >= 11 is 0. The van der Waals surface area contributed by atoms with Crippen molar-refractivity contribution in [3.05, 3.63) is 23.8 Å². The van der Waals surface area contributed by atoms with E-state index in [2.05, 4.69) is 5.32 Å². The summed E-state index contributed by atoms with van der Waals surface area (Å²) in [6, 6.07) is 4.57. The van der Waals surface area contributed by atoms with Crippen LogP contribution in [0.25, 0.3) is 0 Å².